The van der Waals surface area contributed by atoms with Gasteiger partial charge in [-0.05, 0) is 19.8 Å². The summed E-state index contributed by atoms with van der Waals surface area (Å²) in [6.07, 6.45) is 9.22. The molecule has 0 saturated heterocycles. The van der Waals surface area contributed by atoms with E-state index in [9.17, 15) is 0 Å². The molecular formula is C9H19N. The third-order valence-corrected chi connectivity index (χ3v) is 1.40. The summed E-state index contributed by atoms with van der Waals surface area (Å²) in [5, 5.41) is 0. The smallest absolute Gasteiger partial charge is 0.00449 e. The SMILES string of the molecule is CCCC/C=C/CC(C)N. The monoisotopic (exact) mass is 141 g/mol. The molecule has 0 aromatic heterocycles. The van der Waals surface area contributed by atoms with Crippen molar-refractivity contribution in [3.63, 3.8) is 0 Å². The molecule has 0 amide bonds. The van der Waals surface area contributed by atoms with Crippen molar-refractivity contribution in [1.82, 2.24) is 0 Å². The van der Waals surface area contributed by atoms with Gasteiger partial charge < -0.3 is 5.73 Å². The molecule has 0 fully saturated rings. The first kappa shape index (κ1) is 9.70. The van der Waals surface area contributed by atoms with Crippen LogP contribution >= 0.6 is 0 Å². The zero-order valence-electron chi connectivity index (χ0n) is 7.14. The maximum absolute atomic E-state index is 5.56. The third kappa shape index (κ3) is 7.70. The second-order valence-electron chi connectivity index (χ2n) is 2.83. The quantitative estimate of drug-likeness (QED) is 0.462. The fourth-order valence-corrected chi connectivity index (χ4v) is 0.751. The van der Waals surface area contributed by atoms with Crippen LogP contribution in [0.2, 0.25) is 0 Å². The second-order valence-corrected chi connectivity index (χ2v) is 2.83. The molecule has 0 aliphatic carbocycles. The Bertz CT molecular complexity index is 84.7. The highest BCUT2D eigenvalue weighted by molar-refractivity contribution is 4.83. The van der Waals surface area contributed by atoms with E-state index in [0.717, 1.165) is 6.42 Å². The maximum atomic E-state index is 5.56. The summed E-state index contributed by atoms with van der Waals surface area (Å²) in [5.41, 5.74) is 5.56. The van der Waals surface area contributed by atoms with Crippen LogP contribution in [-0.2, 0) is 0 Å². The van der Waals surface area contributed by atoms with E-state index in [4.69, 9.17) is 5.73 Å². The Morgan fingerprint density at radius 3 is 2.60 bits per heavy atom. The lowest BCUT2D eigenvalue weighted by Crippen LogP contribution is -2.12. The number of rotatable bonds is 5. The lowest BCUT2D eigenvalue weighted by Gasteiger charge is -1.96. The van der Waals surface area contributed by atoms with Gasteiger partial charge in [-0.3, -0.25) is 0 Å². The second kappa shape index (κ2) is 6.81. The molecule has 0 rings (SSSR count). The Hall–Kier alpha value is -0.300. The fourth-order valence-electron chi connectivity index (χ4n) is 0.751. The molecule has 10 heavy (non-hydrogen) atoms. The first-order valence-corrected chi connectivity index (χ1v) is 4.18. The summed E-state index contributed by atoms with van der Waals surface area (Å²) in [6.45, 7) is 4.24. The lowest BCUT2D eigenvalue weighted by molar-refractivity contribution is 0.750. The number of allylic oxidation sites excluding steroid dienone is 1. The van der Waals surface area contributed by atoms with Crippen molar-refractivity contribution in [1.29, 1.82) is 0 Å². The van der Waals surface area contributed by atoms with E-state index in [1.54, 1.807) is 0 Å². The van der Waals surface area contributed by atoms with Gasteiger partial charge in [0.15, 0.2) is 0 Å². The summed E-state index contributed by atoms with van der Waals surface area (Å²) < 4.78 is 0. The summed E-state index contributed by atoms with van der Waals surface area (Å²) in [5.74, 6) is 0. The molecule has 0 aromatic carbocycles. The molecule has 0 radical (unpaired) electrons. The zero-order valence-corrected chi connectivity index (χ0v) is 7.14. The highest BCUT2D eigenvalue weighted by Crippen LogP contribution is 1.96. The normalized spacial score (nSPS) is 14.3. The van der Waals surface area contributed by atoms with Gasteiger partial charge in [-0.2, -0.15) is 0 Å². The molecule has 60 valence electrons. The van der Waals surface area contributed by atoms with Crippen LogP contribution in [-0.4, -0.2) is 6.04 Å². The minimum Gasteiger partial charge on any atom is -0.328 e. The van der Waals surface area contributed by atoms with Crippen LogP contribution in [0, 0.1) is 0 Å². The lowest BCUT2D eigenvalue weighted by atomic mass is 10.2. The van der Waals surface area contributed by atoms with Crippen molar-refractivity contribution in [2.45, 2.75) is 45.6 Å². The van der Waals surface area contributed by atoms with Gasteiger partial charge in [0.2, 0.25) is 0 Å². The van der Waals surface area contributed by atoms with Crippen LogP contribution in [0.15, 0.2) is 12.2 Å². The molecule has 0 saturated carbocycles. The molecule has 0 spiro atoms. The van der Waals surface area contributed by atoms with Crippen molar-refractivity contribution < 1.29 is 0 Å². The first-order valence-electron chi connectivity index (χ1n) is 4.18. The van der Waals surface area contributed by atoms with Crippen molar-refractivity contribution in [2.24, 2.45) is 5.73 Å². The summed E-state index contributed by atoms with van der Waals surface area (Å²) >= 11 is 0. The molecule has 1 unspecified atom stereocenters. The Morgan fingerprint density at radius 1 is 1.40 bits per heavy atom. The van der Waals surface area contributed by atoms with E-state index in [-0.39, 0.29) is 0 Å². The van der Waals surface area contributed by atoms with Gasteiger partial charge >= 0.3 is 0 Å². The molecule has 0 aliphatic heterocycles. The number of hydrogen-bond acceptors (Lipinski definition) is 1. The molecule has 1 nitrogen and oxygen atoms in total. The maximum Gasteiger partial charge on any atom is 0.00449 e. The molecular weight excluding hydrogens is 122 g/mol. The van der Waals surface area contributed by atoms with Crippen molar-refractivity contribution in [3.8, 4) is 0 Å². The van der Waals surface area contributed by atoms with Crippen LogP contribution in [0.3, 0.4) is 0 Å². The predicted octanol–water partition coefficient (Wildman–Crippen LogP) is 2.47. The van der Waals surface area contributed by atoms with E-state index in [1.807, 2.05) is 6.92 Å². The van der Waals surface area contributed by atoms with Crippen LogP contribution in [0.1, 0.15) is 39.5 Å². The van der Waals surface area contributed by atoms with Crippen LogP contribution < -0.4 is 5.73 Å². The van der Waals surface area contributed by atoms with Gasteiger partial charge in [0.1, 0.15) is 0 Å². The van der Waals surface area contributed by atoms with E-state index in [0.29, 0.717) is 6.04 Å². The van der Waals surface area contributed by atoms with Crippen LogP contribution in [0.4, 0.5) is 0 Å². The minimum atomic E-state index is 0.317. The highest BCUT2D eigenvalue weighted by atomic mass is 14.6. The molecule has 0 heterocycles. The number of nitrogens with two attached hydrogens (primary N) is 1. The van der Waals surface area contributed by atoms with Crippen molar-refractivity contribution >= 4 is 0 Å². The highest BCUT2D eigenvalue weighted by Gasteiger charge is 1.85. The van der Waals surface area contributed by atoms with Gasteiger partial charge in [-0.15, -0.1) is 0 Å². The Kier molecular flexibility index (Phi) is 6.61. The zero-order chi connectivity index (χ0) is 7.82. The Morgan fingerprint density at radius 2 is 2.10 bits per heavy atom. The summed E-state index contributed by atoms with van der Waals surface area (Å²) in [7, 11) is 0. The van der Waals surface area contributed by atoms with Crippen LogP contribution in [0.5, 0.6) is 0 Å². The molecule has 0 aliphatic rings. The topological polar surface area (TPSA) is 26.0 Å². The van der Waals surface area contributed by atoms with Gasteiger partial charge in [0.05, 0.1) is 0 Å². The van der Waals surface area contributed by atoms with Crippen molar-refractivity contribution in [2.75, 3.05) is 0 Å². The fraction of sp³-hybridized carbons (Fsp3) is 0.778. The van der Waals surface area contributed by atoms with Crippen LogP contribution in [0.25, 0.3) is 0 Å². The molecule has 0 aromatic rings. The summed E-state index contributed by atoms with van der Waals surface area (Å²) in [4.78, 5) is 0. The number of unbranched alkanes of at least 4 members (excludes halogenated alkanes) is 2. The Balaban J connectivity index is 3.04. The average Bonchev–Trinajstić information content (AvgIpc) is 1.87. The van der Waals surface area contributed by atoms with Gasteiger partial charge in [0.25, 0.3) is 0 Å². The largest absolute Gasteiger partial charge is 0.328 e. The standard InChI is InChI=1S/C9H19N/c1-3-4-5-6-7-8-9(2)10/h6-7,9H,3-5,8,10H2,1-2H3/b7-6+. The Labute approximate surface area is 64.3 Å². The molecule has 0 bridgehead atoms. The van der Waals surface area contributed by atoms with E-state index in [1.165, 1.54) is 19.3 Å². The van der Waals surface area contributed by atoms with E-state index >= 15 is 0 Å². The predicted molar refractivity (Wildman–Crippen MR) is 46.9 cm³/mol. The van der Waals surface area contributed by atoms with Gasteiger partial charge in [-0.1, -0.05) is 31.9 Å². The minimum absolute atomic E-state index is 0.317. The molecule has 2 N–H and O–H groups in total. The van der Waals surface area contributed by atoms with Gasteiger partial charge in [0, 0.05) is 6.04 Å². The first-order chi connectivity index (χ1) is 4.77. The van der Waals surface area contributed by atoms with Crippen molar-refractivity contribution in [3.05, 3.63) is 12.2 Å². The van der Waals surface area contributed by atoms with E-state index in [2.05, 4.69) is 19.1 Å². The average molecular weight is 141 g/mol. The molecule has 1 atom stereocenters. The molecule has 1 heteroatoms. The third-order valence-electron chi connectivity index (χ3n) is 1.40. The van der Waals surface area contributed by atoms with E-state index < -0.39 is 0 Å². The summed E-state index contributed by atoms with van der Waals surface area (Å²) in [6, 6.07) is 0.317. The number of hydrogen-bond donors (Lipinski definition) is 1. The van der Waals surface area contributed by atoms with Gasteiger partial charge in [-0.25, -0.2) is 0 Å².